The van der Waals surface area contributed by atoms with Crippen molar-refractivity contribution in [2.24, 2.45) is 0 Å². The van der Waals surface area contributed by atoms with E-state index < -0.39 is 9.84 Å². The second kappa shape index (κ2) is 8.57. The van der Waals surface area contributed by atoms with Gasteiger partial charge in [0, 0.05) is 23.3 Å². The zero-order valence-electron chi connectivity index (χ0n) is 15.4. The lowest BCUT2D eigenvalue weighted by molar-refractivity contribution is -0.115. The van der Waals surface area contributed by atoms with Crippen LogP contribution in [0.15, 0.2) is 62.7 Å². The van der Waals surface area contributed by atoms with E-state index in [1.54, 1.807) is 30.0 Å². The van der Waals surface area contributed by atoms with Crippen molar-refractivity contribution in [1.29, 1.82) is 0 Å². The molecule has 0 saturated carbocycles. The van der Waals surface area contributed by atoms with E-state index in [2.05, 4.69) is 15.5 Å². The van der Waals surface area contributed by atoms with Crippen molar-refractivity contribution in [2.75, 3.05) is 17.3 Å². The Morgan fingerprint density at radius 2 is 1.82 bits per heavy atom. The van der Waals surface area contributed by atoms with Crippen LogP contribution in [0.3, 0.4) is 0 Å². The van der Waals surface area contributed by atoms with Crippen molar-refractivity contribution in [3.05, 3.63) is 54.1 Å². The van der Waals surface area contributed by atoms with Gasteiger partial charge in [-0.25, -0.2) is 8.42 Å². The summed E-state index contributed by atoms with van der Waals surface area (Å²) in [5, 5.41) is 10.2. The highest BCUT2D eigenvalue weighted by atomic mass is 32.2. The molecule has 0 aliphatic carbocycles. The number of nitrogens with one attached hydrogen (secondary N) is 1. The van der Waals surface area contributed by atoms with Crippen LogP contribution < -0.4 is 5.32 Å². The summed E-state index contributed by atoms with van der Waals surface area (Å²) < 4.78 is 29.2. The summed E-state index contributed by atoms with van der Waals surface area (Å²) in [7, 11) is -3.45. The third kappa shape index (κ3) is 5.20. The number of aryl methyl sites for hydroxylation is 1. The van der Waals surface area contributed by atoms with Crippen LogP contribution in [0.5, 0.6) is 0 Å². The highest BCUT2D eigenvalue weighted by Gasteiger charge is 2.19. The van der Waals surface area contributed by atoms with E-state index in [-0.39, 0.29) is 29.1 Å². The number of anilines is 1. The van der Waals surface area contributed by atoms with Crippen LogP contribution >= 0.6 is 11.8 Å². The molecule has 0 fully saturated rings. The fourth-order valence-electron chi connectivity index (χ4n) is 2.43. The maximum absolute atomic E-state index is 12.1. The quantitative estimate of drug-likeness (QED) is 0.586. The van der Waals surface area contributed by atoms with E-state index in [9.17, 15) is 13.2 Å². The monoisotopic (exact) mass is 417 g/mol. The summed E-state index contributed by atoms with van der Waals surface area (Å²) in [5.74, 6) is 0.379. The third-order valence-electron chi connectivity index (χ3n) is 3.81. The van der Waals surface area contributed by atoms with E-state index in [1.165, 1.54) is 11.6 Å². The number of sulfone groups is 1. The number of aromatic nitrogens is 2. The fourth-order valence-corrected chi connectivity index (χ4v) is 4.16. The molecule has 9 heteroatoms. The molecule has 7 nitrogen and oxygen atoms in total. The second-order valence-electron chi connectivity index (χ2n) is 6.14. The third-order valence-corrected chi connectivity index (χ3v) is 5.98. The van der Waals surface area contributed by atoms with E-state index in [4.69, 9.17) is 4.42 Å². The lowest BCUT2D eigenvalue weighted by Gasteiger charge is -2.03. The van der Waals surface area contributed by atoms with Gasteiger partial charge >= 0.3 is 6.01 Å². The molecule has 0 spiro atoms. The average Bonchev–Trinajstić information content (AvgIpc) is 3.11. The van der Waals surface area contributed by atoms with Crippen molar-refractivity contribution >= 4 is 33.5 Å². The number of rotatable bonds is 7. The van der Waals surface area contributed by atoms with Crippen molar-refractivity contribution in [1.82, 2.24) is 10.2 Å². The SMILES string of the molecule is Cc1ccc(SCCC(=O)Nc2nnc(-c3ccccc3S(C)(=O)=O)o2)cc1. The van der Waals surface area contributed by atoms with Gasteiger partial charge in [-0.2, -0.15) is 0 Å². The molecule has 0 saturated heterocycles. The Hall–Kier alpha value is -2.65. The Labute approximate surface area is 167 Å². The first-order valence-corrected chi connectivity index (χ1v) is 11.3. The van der Waals surface area contributed by atoms with Gasteiger partial charge < -0.3 is 4.42 Å². The van der Waals surface area contributed by atoms with Crippen LogP contribution in [0.25, 0.3) is 11.5 Å². The first-order chi connectivity index (χ1) is 13.3. The van der Waals surface area contributed by atoms with Crippen LogP contribution in [-0.4, -0.2) is 36.5 Å². The predicted molar refractivity (Wildman–Crippen MR) is 108 cm³/mol. The van der Waals surface area contributed by atoms with Crippen LogP contribution in [-0.2, 0) is 14.6 Å². The van der Waals surface area contributed by atoms with Gasteiger partial charge in [-0.3, -0.25) is 10.1 Å². The molecule has 0 aliphatic rings. The Balaban J connectivity index is 1.60. The fraction of sp³-hybridized carbons (Fsp3) is 0.211. The number of hydrogen-bond acceptors (Lipinski definition) is 7. The van der Waals surface area contributed by atoms with E-state index in [1.807, 2.05) is 31.2 Å². The number of carbonyl (C=O) groups is 1. The molecule has 1 heterocycles. The standard InChI is InChI=1S/C19H19N3O4S2/c1-13-7-9-14(10-8-13)27-12-11-17(23)20-19-22-21-18(26-19)15-5-3-4-6-16(15)28(2,24)25/h3-10H,11-12H2,1-2H3,(H,20,22,23). The molecule has 1 amide bonds. The smallest absolute Gasteiger partial charge is 0.322 e. The van der Waals surface area contributed by atoms with Crippen molar-refractivity contribution < 1.29 is 17.6 Å². The summed E-state index contributed by atoms with van der Waals surface area (Å²) in [5.41, 5.74) is 1.49. The van der Waals surface area contributed by atoms with Gasteiger partial charge in [0.15, 0.2) is 9.84 Å². The number of carbonyl (C=O) groups excluding carboxylic acids is 1. The summed E-state index contributed by atoms with van der Waals surface area (Å²) >= 11 is 1.58. The Morgan fingerprint density at radius 3 is 2.54 bits per heavy atom. The highest BCUT2D eigenvalue weighted by Crippen LogP contribution is 2.27. The van der Waals surface area contributed by atoms with Gasteiger partial charge in [0.05, 0.1) is 10.5 Å². The molecule has 1 aromatic heterocycles. The van der Waals surface area contributed by atoms with Gasteiger partial charge in [0.2, 0.25) is 5.91 Å². The number of benzene rings is 2. The summed E-state index contributed by atoms with van der Waals surface area (Å²) in [4.78, 5) is 13.3. The van der Waals surface area contributed by atoms with Gasteiger partial charge in [-0.15, -0.1) is 16.9 Å². The van der Waals surface area contributed by atoms with Crippen molar-refractivity contribution in [3.63, 3.8) is 0 Å². The Bertz CT molecular complexity index is 1080. The molecule has 0 bridgehead atoms. The zero-order valence-corrected chi connectivity index (χ0v) is 17.0. The van der Waals surface area contributed by atoms with Crippen LogP contribution in [0, 0.1) is 6.92 Å². The highest BCUT2D eigenvalue weighted by molar-refractivity contribution is 7.99. The van der Waals surface area contributed by atoms with Crippen LogP contribution in [0.2, 0.25) is 0 Å². The molecule has 146 valence electrons. The molecule has 28 heavy (non-hydrogen) atoms. The molecular formula is C19H19N3O4S2. The maximum Gasteiger partial charge on any atom is 0.322 e. The number of amides is 1. The number of thioether (sulfide) groups is 1. The molecule has 0 aliphatic heterocycles. The lowest BCUT2D eigenvalue weighted by atomic mass is 10.2. The summed E-state index contributed by atoms with van der Waals surface area (Å²) in [6.07, 6.45) is 1.38. The van der Waals surface area contributed by atoms with E-state index in [0.717, 1.165) is 11.2 Å². The molecule has 0 unspecified atom stereocenters. The maximum atomic E-state index is 12.1. The van der Waals surface area contributed by atoms with Gasteiger partial charge in [-0.1, -0.05) is 34.9 Å². The zero-order chi connectivity index (χ0) is 20.1. The minimum absolute atomic E-state index is 0.0327. The topological polar surface area (TPSA) is 102 Å². The Kier molecular flexibility index (Phi) is 6.15. The molecule has 3 aromatic rings. The molecule has 3 rings (SSSR count). The van der Waals surface area contributed by atoms with Crippen molar-refractivity contribution in [2.45, 2.75) is 23.1 Å². The molecule has 0 atom stereocenters. The first-order valence-electron chi connectivity index (χ1n) is 8.45. The van der Waals surface area contributed by atoms with Crippen molar-refractivity contribution in [3.8, 4) is 11.5 Å². The normalized spacial score (nSPS) is 11.4. The second-order valence-corrected chi connectivity index (χ2v) is 9.29. The van der Waals surface area contributed by atoms with Gasteiger partial charge in [-0.05, 0) is 31.2 Å². The number of nitrogens with zero attached hydrogens (tertiary/aromatic N) is 2. The summed E-state index contributed by atoms with van der Waals surface area (Å²) in [6, 6.07) is 14.3. The lowest BCUT2D eigenvalue weighted by Crippen LogP contribution is -2.12. The van der Waals surface area contributed by atoms with Gasteiger partial charge in [0.1, 0.15) is 0 Å². The molecule has 1 N–H and O–H groups in total. The predicted octanol–water partition coefficient (Wildman–Crippen LogP) is 3.57. The largest absolute Gasteiger partial charge is 0.403 e. The summed E-state index contributed by atoms with van der Waals surface area (Å²) in [6.45, 7) is 2.02. The van der Waals surface area contributed by atoms with Crippen LogP contribution in [0.1, 0.15) is 12.0 Å². The minimum atomic E-state index is -3.45. The first kappa shape index (κ1) is 20.1. The Morgan fingerprint density at radius 1 is 1.11 bits per heavy atom. The van der Waals surface area contributed by atoms with Gasteiger partial charge in [0.25, 0.3) is 5.89 Å². The van der Waals surface area contributed by atoms with E-state index >= 15 is 0 Å². The van der Waals surface area contributed by atoms with Crippen LogP contribution in [0.4, 0.5) is 6.01 Å². The molecule has 0 radical (unpaired) electrons. The van der Waals surface area contributed by atoms with E-state index in [0.29, 0.717) is 11.3 Å². The minimum Gasteiger partial charge on any atom is -0.403 e. The molecule has 2 aromatic carbocycles. The average molecular weight is 418 g/mol. The number of hydrogen-bond donors (Lipinski definition) is 1. The molecular weight excluding hydrogens is 398 g/mol.